The maximum absolute atomic E-state index is 12.8. The minimum atomic E-state index is -0.206. The molecular weight excluding hydrogens is 318 g/mol. The monoisotopic (exact) mass is 337 g/mol. The normalized spacial score (nSPS) is 10.6. The number of rotatable bonds is 3. The van der Waals surface area contributed by atoms with Crippen molar-refractivity contribution < 1.29 is 9.90 Å². The summed E-state index contributed by atoms with van der Waals surface area (Å²) in [4.78, 5) is 15.6. The predicted molar refractivity (Wildman–Crippen MR) is 100 cm³/mol. The molecule has 2 aromatic carbocycles. The zero-order valence-electron chi connectivity index (χ0n) is 13.9. The van der Waals surface area contributed by atoms with Crippen LogP contribution in [0.4, 0.5) is 5.69 Å². The lowest BCUT2D eigenvalue weighted by molar-refractivity contribution is 0.0994. The van der Waals surface area contributed by atoms with E-state index in [9.17, 15) is 9.90 Å². The predicted octanol–water partition coefficient (Wildman–Crippen LogP) is 5.01. The number of hydrogen-bond donors (Lipinski definition) is 1. The molecule has 3 rings (SSSR count). The molecule has 1 heterocycles. The van der Waals surface area contributed by atoms with Crippen LogP contribution in [-0.4, -0.2) is 18.1 Å². The molecule has 0 fully saturated rings. The van der Waals surface area contributed by atoms with E-state index >= 15 is 0 Å². The Kier molecular flexibility index (Phi) is 4.40. The van der Waals surface area contributed by atoms with Gasteiger partial charge in [-0.05, 0) is 43.2 Å². The van der Waals surface area contributed by atoms with E-state index in [0.717, 1.165) is 27.3 Å². The van der Waals surface area contributed by atoms with Crippen LogP contribution in [0.3, 0.4) is 0 Å². The van der Waals surface area contributed by atoms with Crippen LogP contribution in [-0.2, 0) is 0 Å². The van der Waals surface area contributed by atoms with E-state index in [0.29, 0.717) is 4.88 Å². The standard InChI is InChI=1S/C20H19NO2S/c1-13-6-4-8-15(10-13)18-12-17(22)19(24-18)20(23)21(3)16-9-5-7-14(2)11-16/h4-12,22H,1-3H3. The van der Waals surface area contributed by atoms with E-state index in [1.54, 1.807) is 18.0 Å². The molecule has 1 aromatic heterocycles. The molecule has 0 saturated heterocycles. The second-order valence-electron chi connectivity index (χ2n) is 5.90. The zero-order chi connectivity index (χ0) is 17.3. The van der Waals surface area contributed by atoms with Gasteiger partial charge in [-0.3, -0.25) is 4.79 Å². The van der Waals surface area contributed by atoms with E-state index in [4.69, 9.17) is 0 Å². The fraction of sp³-hybridized carbons (Fsp3) is 0.150. The molecule has 0 radical (unpaired) electrons. The van der Waals surface area contributed by atoms with Crippen LogP contribution >= 0.6 is 11.3 Å². The quantitative estimate of drug-likeness (QED) is 0.729. The van der Waals surface area contributed by atoms with E-state index in [-0.39, 0.29) is 11.7 Å². The molecule has 0 aliphatic carbocycles. The number of carbonyl (C=O) groups is 1. The molecule has 24 heavy (non-hydrogen) atoms. The van der Waals surface area contributed by atoms with Crippen LogP contribution in [0.1, 0.15) is 20.8 Å². The second-order valence-corrected chi connectivity index (χ2v) is 6.95. The van der Waals surface area contributed by atoms with Gasteiger partial charge >= 0.3 is 0 Å². The van der Waals surface area contributed by atoms with Crippen molar-refractivity contribution in [1.82, 2.24) is 0 Å². The van der Waals surface area contributed by atoms with Gasteiger partial charge in [0.05, 0.1) is 0 Å². The average molecular weight is 337 g/mol. The number of benzene rings is 2. The molecule has 0 unspecified atom stereocenters. The summed E-state index contributed by atoms with van der Waals surface area (Å²) in [6, 6.07) is 17.4. The molecule has 0 saturated carbocycles. The zero-order valence-corrected chi connectivity index (χ0v) is 14.7. The SMILES string of the molecule is Cc1cccc(-c2cc(O)c(C(=O)N(C)c3cccc(C)c3)s2)c1. The summed E-state index contributed by atoms with van der Waals surface area (Å²) in [5.74, 6) is -0.178. The van der Waals surface area contributed by atoms with Gasteiger partial charge in [0.1, 0.15) is 10.6 Å². The number of aromatic hydroxyl groups is 1. The Hall–Kier alpha value is -2.59. The smallest absolute Gasteiger partial charge is 0.271 e. The molecule has 0 aliphatic rings. The molecule has 0 atom stereocenters. The topological polar surface area (TPSA) is 40.5 Å². The summed E-state index contributed by atoms with van der Waals surface area (Å²) >= 11 is 1.32. The van der Waals surface area contributed by atoms with Crippen molar-refractivity contribution in [3.05, 3.63) is 70.6 Å². The minimum Gasteiger partial charge on any atom is -0.506 e. The van der Waals surface area contributed by atoms with Crippen molar-refractivity contribution in [2.24, 2.45) is 0 Å². The molecule has 0 bridgehead atoms. The van der Waals surface area contributed by atoms with Crippen molar-refractivity contribution in [3.8, 4) is 16.2 Å². The highest BCUT2D eigenvalue weighted by Gasteiger charge is 2.21. The number of aryl methyl sites for hydroxylation is 2. The first-order chi connectivity index (χ1) is 11.5. The lowest BCUT2D eigenvalue weighted by atomic mass is 10.1. The second kappa shape index (κ2) is 6.49. The third-order valence-corrected chi connectivity index (χ3v) is 5.06. The molecule has 0 spiro atoms. The van der Waals surface area contributed by atoms with E-state index < -0.39 is 0 Å². The Labute approximate surface area is 145 Å². The summed E-state index contributed by atoms with van der Waals surface area (Å²) in [5, 5.41) is 10.2. The number of nitrogens with zero attached hydrogens (tertiary/aromatic N) is 1. The third-order valence-electron chi connectivity index (χ3n) is 3.90. The van der Waals surface area contributed by atoms with Crippen LogP contribution in [0, 0.1) is 13.8 Å². The number of thiophene rings is 1. The lowest BCUT2D eigenvalue weighted by Gasteiger charge is -2.17. The molecular formula is C20H19NO2S. The third kappa shape index (κ3) is 3.19. The van der Waals surface area contributed by atoms with Gasteiger partial charge < -0.3 is 10.0 Å². The summed E-state index contributed by atoms with van der Waals surface area (Å²) in [6.07, 6.45) is 0. The van der Waals surface area contributed by atoms with Gasteiger partial charge in [-0.1, -0.05) is 42.0 Å². The van der Waals surface area contributed by atoms with Crippen molar-refractivity contribution in [1.29, 1.82) is 0 Å². The maximum Gasteiger partial charge on any atom is 0.271 e. The van der Waals surface area contributed by atoms with Gasteiger partial charge in [0.25, 0.3) is 5.91 Å². The highest BCUT2D eigenvalue weighted by Crippen LogP contribution is 2.37. The minimum absolute atomic E-state index is 0.0287. The van der Waals surface area contributed by atoms with Crippen LogP contribution in [0.15, 0.2) is 54.6 Å². The fourth-order valence-electron chi connectivity index (χ4n) is 2.58. The van der Waals surface area contributed by atoms with Gasteiger partial charge in [-0.15, -0.1) is 11.3 Å². The lowest BCUT2D eigenvalue weighted by Crippen LogP contribution is -2.25. The summed E-state index contributed by atoms with van der Waals surface area (Å²) in [5.41, 5.74) is 4.05. The van der Waals surface area contributed by atoms with E-state index in [1.165, 1.54) is 11.3 Å². The van der Waals surface area contributed by atoms with Crippen LogP contribution in [0.2, 0.25) is 0 Å². The van der Waals surface area contributed by atoms with Gasteiger partial charge in [-0.2, -0.15) is 0 Å². The van der Waals surface area contributed by atoms with Crippen LogP contribution < -0.4 is 4.90 Å². The molecule has 3 aromatic rings. The van der Waals surface area contributed by atoms with Gasteiger partial charge in [0.15, 0.2) is 0 Å². The molecule has 122 valence electrons. The van der Waals surface area contributed by atoms with Gasteiger partial charge in [0.2, 0.25) is 0 Å². The first-order valence-electron chi connectivity index (χ1n) is 7.70. The van der Waals surface area contributed by atoms with Gasteiger partial charge in [-0.25, -0.2) is 0 Å². The van der Waals surface area contributed by atoms with E-state index in [2.05, 4.69) is 0 Å². The Balaban J connectivity index is 1.93. The van der Waals surface area contributed by atoms with Crippen molar-refractivity contribution in [2.45, 2.75) is 13.8 Å². The maximum atomic E-state index is 12.8. The molecule has 4 heteroatoms. The summed E-state index contributed by atoms with van der Waals surface area (Å²) in [7, 11) is 1.72. The van der Waals surface area contributed by atoms with Crippen molar-refractivity contribution >= 4 is 22.9 Å². The van der Waals surface area contributed by atoms with Gasteiger partial charge in [0, 0.05) is 17.6 Å². The number of amides is 1. The Morgan fingerprint density at radius 2 is 1.67 bits per heavy atom. The van der Waals surface area contributed by atoms with E-state index in [1.807, 2.05) is 62.4 Å². The van der Waals surface area contributed by atoms with Crippen molar-refractivity contribution in [3.63, 3.8) is 0 Å². The summed E-state index contributed by atoms with van der Waals surface area (Å²) < 4.78 is 0. The van der Waals surface area contributed by atoms with Crippen molar-refractivity contribution in [2.75, 3.05) is 11.9 Å². The Bertz CT molecular complexity index is 898. The molecule has 3 nitrogen and oxygen atoms in total. The largest absolute Gasteiger partial charge is 0.506 e. The summed E-state index contributed by atoms with van der Waals surface area (Å²) in [6.45, 7) is 4.01. The van der Waals surface area contributed by atoms with Crippen LogP contribution in [0.25, 0.3) is 10.4 Å². The van der Waals surface area contributed by atoms with Crippen LogP contribution in [0.5, 0.6) is 5.75 Å². The molecule has 1 N–H and O–H groups in total. The fourth-order valence-corrected chi connectivity index (χ4v) is 3.60. The first-order valence-corrected chi connectivity index (χ1v) is 8.52. The number of carbonyl (C=O) groups excluding carboxylic acids is 1. The number of hydrogen-bond acceptors (Lipinski definition) is 3. The highest BCUT2D eigenvalue weighted by molar-refractivity contribution is 7.17. The first kappa shape index (κ1) is 16.3. The Morgan fingerprint density at radius 1 is 1.00 bits per heavy atom. The Morgan fingerprint density at radius 3 is 2.33 bits per heavy atom. The molecule has 1 amide bonds. The number of anilines is 1. The molecule has 0 aliphatic heterocycles. The average Bonchev–Trinajstić information content (AvgIpc) is 2.95. The highest BCUT2D eigenvalue weighted by atomic mass is 32.1.